The number of carbonyl (C=O) groups is 2. The predicted molar refractivity (Wildman–Crippen MR) is 111 cm³/mol. The molecule has 1 unspecified atom stereocenters. The summed E-state index contributed by atoms with van der Waals surface area (Å²) in [5.74, 6) is -1.13. The number of furan rings is 1. The molecule has 0 fully saturated rings. The van der Waals surface area contributed by atoms with Crippen molar-refractivity contribution in [3.8, 4) is 5.75 Å². The topological polar surface area (TPSA) is 80.6 Å². The smallest absolute Gasteiger partial charge is 0.418 e. The van der Waals surface area contributed by atoms with Crippen molar-refractivity contribution in [1.29, 1.82) is 0 Å². The van der Waals surface area contributed by atoms with Crippen LogP contribution in [0, 0.1) is 0 Å². The number of rotatable bonds is 6. The summed E-state index contributed by atoms with van der Waals surface area (Å²) in [6.07, 6.45) is -4.56. The highest BCUT2D eigenvalue weighted by molar-refractivity contribution is 9.10. The molecule has 1 atom stereocenters. The van der Waals surface area contributed by atoms with E-state index in [1.54, 1.807) is 24.3 Å². The molecule has 6 nitrogen and oxygen atoms in total. The fourth-order valence-corrected chi connectivity index (χ4v) is 2.84. The molecule has 2 N–H and O–H groups in total. The van der Waals surface area contributed by atoms with Crippen LogP contribution in [0.15, 0.2) is 69.8 Å². The quantitative estimate of drug-likeness (QED) is 0.457. The number of amides is 2. The van der Waals surface area contributed by atoms with Crippen LogP contribution in [0.1, 0.15) is 23.0 Å². The first-order valence-electron chi connectivity index (χ1n) is 8.92. The van der Waals surface area contributed by atoms with Gasteiger partial charge in [-0.2, -0.15) is 13.2 Å². The Morgan fingerprint density at radius 1 is 1.06 bits per heavy atom. The zero-order valence-electron chi connectivity index (χ0n) is 16.0. The summed E-state index contributed by atoms with van der Waals surface area (Å²) in [6.45, 7) is 1.42. The summed E-state index contributed by atoms with van der Waals surface area (Å²) < 4.78 is 51.9. The van der Waals surface area contributed by atoms with Crippen LogP contribution in [0.5, 0.6) is 5.75 Å². The van der Waals surface area contributed by atoms with Gasteiger partial charge in [0.1, 0.15) is 5.75 Å². The van der Waals surface area contributed by atoms with Crippen molar-refractivity contribution in [2.75, 3.05) is 10.6 Å². The van der Waals surface area contributed by atoms with Crippen LogP contribution in [0.4, 0.5) is 24.5 Å². The van der Waals surface area contributed by atoms with E-state index in [1.807, 2.05) is 0 Å². The molecule has 3 aromatic rings. The van der Waals surface area contributed by atoms with Gasteiger partial charge in [0, 0.05) is 10.2 Å². The average molecular weight is 497 g/mol. The fourth-order valence-electron chi connectivity index (χ4n) is 2.57. The average Bonchev–Trinajstić information content (AvgIpc) is 3.25. The van der Waals surface area contributed by atoms with Crippen LogP contribution >= 0.6 is 15.9 Å². The van der Waals surface area contributed by atoms with Gasteiger partial charge in [0.25, 0.3) is 11.8 Å². The van der Waals surface area contributed by atoms with Crippen molar-refractivity contribution >= 4 is 39.1 Å². The third kappa shape index (κ3) is 5.88. The lowest BCUT2D eigenvalue weighted by Crippen LogP contribution is -2.31. The second-order valence-corrected chi connectivity index (χ2v) is 7.31. The number of halogens is 4. The number of alkyl halides is 3. The van der Waals surface area contributed by atoms with Crippen LogP contribution in [0.3, 0.4) is 0 Å². The maximum Gasteiger partial charge on any atom is 0.418 e. The molecule has 31 heavy (non-hydrogen) atoms. The van der Waals surface area contributed by atoms with E-state index in [9.17, 15) is 22.8 Å². The van der Waals surface area contributed by atoms with Gasteiger partial charge < -0.3 is 19.8 Å². The zero-order chi connectivity index (χ0) is 22.6. The molecule has 0 bridgehead atoms. The molecule has 0 aliphatic heterocycles. The Morgan fingerprint density at radius 2 is 1.77 bits per heavy atom. The Bertz CT molecular complexity index is 1070. The standard InChI is InChI=1S/C21H16BrF3N2O4/c1-12(31-15-7-4-13(22)5-8-15)19(28)27-17-9-6-14(11-16(17)21(23,24)25)26-20(29)18-3-2-10-30-18/h2-12H,1H3,(H,26,29)(H,27,28). The Balaban J connectivity index is 1.75. The number of nitrogens with one attached hydrogen (secondary N) is 2. The van der Waals surface area contributed by atoms with Gasteiger partial charge in [-0.15, -0.1) is 0 Å². The molecule has 0 aliphatic carbocycles. The summed E-state index contributed by atoms with van der Waals surface area (Å²) in [5.41, 5.74) is -1.68. The highest BCUT2D eigenvalue weighted by Gasteiger charge is 2.35. The third-order valence-electron chi connectivity index (χ3n) is 4.08. The predicted octanol–water partition coefficient (Wildman–Crippen LogP) is 5.72. The van der Waals surface area contributed by atoms with Crippen molar-refractivity contribution < 1.29 is 31.9 Å². The number of carbonyl (C=O) groups excluding carboxylic acids is 2. The molecule has 2 aromatic carbocycles. The van der Waals surface area contributed by atoms with Crippen molar-refractivity contribution in [2.24, 2.45) is 0 Å². The van der Waals surface area contributed by atoms with Crippen LogP contribution in [0.2, 0.25) is 0 Å². The van der Waals surface area contributed by atoms with Gasteiger partial charge in [0.05, 0.1) is 17.5 Å². The van der Waals surface area contributed by atoms with Crippen molar-refractivity contribution in [1.82, 2.24) is 0 Å². The lowest BCUT2D eigenvalue weighted by atomic mass is 10.1. The molecule has 0 radical (unpaired) electrons. The molecule has 3 rings (SSSR count). The third-order valence-corrected chi connectivity index (χ3v) is 4.61. The van der Waals surface area contributed by atoms with Crippen LogP contribution in [0.25, 0.3) is 0 Å². The maximum absolute atomic E-state index is 13.6. The van der Waals surface area contributed by atoms with E-state index < -0.39 is 35.3 Å². The highest BCUT2D eigenvalue weighted by atomic mass is 79.9. The second-order valence-electron chi connectivity index (χ2n) is 6.39. The minimum absolute atomic E-state index is 0.0511. The summed E-state index contributed by atoms with van der Waals surface area (Å²) >= 11 is 3.27. The van der Waals surface area contributed by atoms with Gasteiger partial charge in [-0.3, -0.25) is 9.59 Å². The second kappa shape index (κ2) is 9.25. The number of hydrogen-bond donors (Lipinski definition) is 2. The van der Waals surface area contributed by atoms with Crippen LogP contribution in [-0.4, -0.2) is 17.9 Å². The van der Waals surface area contributed by atoms with Crippen molar-refractivity contribution in [2.45, 2.75) is 19.2 Å². The Kier molecular flexibility index (Phi) is 6.69. The molecule has 10 heteroatoms. The van der Waals surface area contributed by atoms with Gasteiger partial charge in [-0.25, -0.2) is 0 Å². The van der Waals surface area contributed by atoms with E-state index in [4.69, 9.17) is 9.15 Å². The Morgan fingerprint density at radius 3 is 2.39 bits per heavy atom. The van der Waals surface area contributed by atoms with Crippen LogP contribution in [-0.2, 0) is 11.0 Å². The van der Waals surface area contributed by atoms with Crippen molar-refractivity contribution in [3.63, 3.8) is 0 Å². The van der Waals surface area contributed by atoms with E-state index in [2.05, 4.69) is 26.6 Å². The highest BCUT2D eigenvalue weighted by Crippen LogP contribution is 2.37. The van der Waals surface area contributed by atoms with Gasteiger partial charge in [-0.1, -0.05) is 15.9 Å². The minimum atomic E-state index is -4.77. The fraction of sp³-hybridized carbons (Fsp3) is 0.143. The van der Waals surface area contributed by atoms with Crippen LogP contribution < -0.4 is 15.4 Å². The van der Waals surface area contributed by atoms with Gasteiger partial charge in [0.15, 0.2) is 11.9 Å². The molecule has 0 saturated carbocycles. The van der Waals surface area contributed by atoms with E-state index in [0.29, 0.717) is 5.75 Å². The number of ether oxygens (including phenoxy) is 1. The SMILES string of the molecule is CC(Oc1ccc(Br)cc1)C(=O)Nc1ccc(NC(=O)c2ccco2)cc1C(F)(F)F. The maximum atomic E-state index is 13.6. The minimum Gasteiger partial charge on any atom is -0.481 e. The number of anilines is 2. The summed E-state index contributed by atoms with van der Waals surface area (Å²) in [7, 11) is 0. The largest absolute Gasteiger partial charge is 0.481 e. The lowest BCUT2D eigenvalue weighted by molar-refractivity contribution is -0.137. The molecular weight excluding hydrogens is 481 g/mol. The number of hydrogen-bond acceptors (Lipinski definition) is 4. The first-order chi connectivity index (χ1) is 14.6. The van der Waals surface area contributed by atoms with E-state index in [0.717, 1.165) is 16.6 Å². The van der Waals surface area contributed by atoms with Crippen molar-refractivity contribution in [3.05, 3.63) is 76.7 Å². The van der Waals surface area contributed by atoms with Gasteiger partial charge in [0.2, 0.25) is 0 Å². The first kappa shape index (κ1) is 22.4. The monoisotopic (exact) mass is 496 g/mol. The Hall–Kier alpha value is -3.27. The summed E-state index contributed by atoms with van der Waals surface area (Å²) in [4.78, 5) is 24.4. The summed E-state index contributed by atoms with van der Waals surface area (Å²) in [5, 5.41) is 4.56. The number of benzene rings is 2. The molecule has 1 aromatic heterocycles. The first-order valence-corrected chi connectivity index (χ1v) is 9.72. The lowest BCUT2D eigenvalue weighted by Gasteiger charge is -2.18. The normalized spacial score (nSPS) is 12.2. The summed E-state index contributed by atoms with van der Waals surface area (Å²) in [6, 6.07) is 12.5. The molecule has 2 amide bonds. The molecular formula is C21H16BrF3N2O4. The molecule has 1 heterocycles. The molecule has 162 valence electrons. The van der Waals surface area contributed by atoms with Gasteiger partial charge >= 0.3 is 6.18 Å². The van der Waals surface area contributed by atoms with E-state index in [-0.39, 0.29) is 11.4 Å². The van der Waals surface area contributed by atoms with E-state index >= 15 is 0 Å². The zero-order valence-corrected chi connectivity index (χ0v) is 17.6. The molecule has 0 spiro atoms. The molecule has 0 saturated heterocycles. The molecule has 0 aliphatic rings. The van der Waals surface area contributed by atoms with Gasteiger partial charge in [-0.05, 0) is 61.5 Å². The van der Waals surface area contributed by atoms with E-state index in [1.165, 1.54) is 31.4 Å². The Labute approximate surface area is 183 Å².